The van der Waals surface area contributed by atoms with Gasteiger partial charge in [-0.15, -0.1) is 0 Å². The van der Waals surface area contributed by atoms with Crippen LogP contribution in [0.3, 0.4) is 0 Å². The van der Waals surface area contributed by atoms with E-state index in [2.05, 4.69) is 5.32 Å². The van der Waals surface area contributed by atoms with Crippen molar-refractivity contribution in [3.63, 3.8) is 0 Å². The van der Waals surface area contributed by atoms with Crippen molar-refractivity contribution in [3.05, 3.63) is 69.7 Å². The summed E-state index contributed by atoms with van der Waals surface area (Å²) in [5.74, 6) is -1.03. The Kier molecular flexibility index (Phi) is 5.32. The molecule has 0 aliphatic rings. The Bertz CT molecular complexity index is 608. The van der Waals surface area contributed by atoms with Crippen LogP contribution in [-0.4, -0.2) is 6.54 Å². The third kappa shape index (κ3) is 3.80. The van der Waals surface area contributed by atoms with Crippen LogP contribution in [0.1, 0.15) is 29.7 Å². The first-order valence-corrected chi connectivity index (χ1v) is 7.33. The molecule has 2 rings (SSSR count). The lowest BCUT2D eigenvalue weighted by Crippen LogP contribution is -2.24. The fourth-order valence-electron chi connectivity index (χ4n) is 2.46. The van der Waals surface area contributed by atoms with Crippen molar-refractivity contribution in [2.75, 3.05) is 6.54 Å². The largest absolute Gasteiger partial charge is 0.310 e. The number of halogens is 3. The van der Waals surface area contributed by atoms with Crippen LogP contribution in [0, 0.1) is 18.6 Å². The molecule has 1 N–H and O–H groups in total. The molecule has 21 heavy (non-hydrogen) atoms. The maximum Gasteiger partial charge on any atom is 0.129 e. The molecule has 4 heteroatoms. The molecule has 0 aromatic heterocycles. The second-order valence-electron chi connectivity index (χ2n) is 5.02. The van der Waals surface area contributed by atoms with Gasteiger partial charge in [-0.25, -0.2) is 8.78 Å². The zero-order valence-electron chi connectivity index (χ0n) is 12.1. The van der Waals surface area contributed by atoms with E-state index in [0.29, 0.717) is 11.6 Å². The van der Waals surface area contributed by atoms with Crippen molar-refractivity contribution in [1.29, 1.82) is 0 Å². The Morgan fingerprint density at radius 2 is 1.81 bits per heavy atom. The Labute approximate surface area is 128 Å². The van der Waals surface area contributed by atoms with Crippen molar-refractivity contribution in [3.8, 4) is 0 Å². The summed E-state index contributed by atoms with van der Waals surface area (Å²) in [6.45, 7) is 4.63. The predicted molar refractivity (Wildman–Crippen MR) is 82.7 cm³/mol. The number of nitrogens with one attached hydrogen (secondary N) is 1. The van der Waals surface area contributed by atoms with E-state index in [1.165, 1.54) is 18.2 Å². The molecule has 0 heterocycles. The molecule has 0 aliphatic heterocycles. The molecule has 0 spiro atoms. The van der Waals surface area contributed by atoms with E-state index in [-0.39, 0.29) is 18.0 Å². The summed E-state index contributed by atoms with van der Waals surface area (Å²) in [6.07, 6.45) is 0.244. The summed E-state index contributed by atoms with van der Waals surface area (Å²) < 4.78 is 27.7. The van der Waals surface area contributed by atoms with Crippen LogP contribution in [-0.2, 0) is 6.42 Å². The summed E-state index contributed by atoms with van der Waals surface area (Å²) >= 11 is 6.05. The van der Waals surface area contributed by atoms with Gasteiger partial charge in [-0.1, -0.05) is 30.7 Å². The molecule has 0 saturated carbocycles. The van der Waals surface area contributed by atoms with Crippen molar-refractivity contribution < 1.29 is 8.78 Å². The molecular formula is C17H18ClF2N. The third-order valence-electron chi connectivity index (χ3n) is 3.54. The van der Waals surface area contributed by atoms with Crippen molar-refractivity contribution in [2.45, 2.75) is 26.3 Å². The molecule has 1 unspecified atom stereocenters. The normalized spacial score (nSPS) is 12.4. The van der Waals surface area contributed by atoms with Gasteiger partial charge in [0.05, 0.1) is 0 Å². The molecule has 0 radical (unpaired) electrons. The van der Waals surface area contributed by atoms with Crippen molar-refractivity contribution in [2.24, 2.45) is 0 Å². The van der Waals surface area contributed by atoms with Gasteiger partial charge in [0.2, 0.25) is 0 Å². The Hall–Kier alpha value is -1.45. The SMILES string of the molecule is CCNC(Cc1c(F)cccc1F)c1cc(Cl)ccc1C. The van der Waals surface area contributed by atoms with Gasteiger partial charge in [-0.2, -0.15) is 0 Å². The number of hydrogen-bond donors (Lipinski definition) is 1. The predicted octanol–water partition coefficient (Wildman–Crippen LogP) is 4.82. The molecule has 112 valence electrons. The van der Waals surface area contributed by atoms with E-state index in [9.17, 15) is 8.78 Å². The van der Waals surface area contributed by atoms with Crippen LogP contribution >= 0.6 is 11.6 Å². The van der Waals surface area contributed by atoms with Gasteiger partial charge in [0.1, 0.15) is 11.6 Å². The average Bonchev–Trinajstić information content (AvgIpc) is 2.44. The number of aryl methyl sites for hydroxylation is 1. The van der Waals surface area contributed by atoms with E-state index in [1.807, 2.05) is 32.0 Å². The minimum absolute atomic E-state index is 0.0998. The lowest BCUT2D eigenvalue weighted by atomic mass is 9.95. The van der Waals surface area contributed by atoms with Gasteiger partial charge in [0.15, 0.2) is 0 Å². The highest BCUT2D eigenvalue weighted by atomic mass is 35.5. The Morgan fingerprint density at radius 3 is 2.43 bits per heavy atom. The lowest BCUT2D eigenvalue weighted by Gasteiger charge is -2.21. The zero-order valence-corrected chi connectivity index (χ0v) is 12.8. The number of rotatable bonds is 5. The highest BCUT2D eigenvalue weighted by Crippen LogP contribution is 2.26. The van der Waals surface area contributed by atoms with Gasteiger partial charge >= 0.3 is 0 Å². The van der Waals surface area contributed by atoms with Crippen LogP contribution in [0.2, 0.25) is 5.02 Å². The number of hydrogen-bond acceptors (Lipinski definition) is 1. The molecular weight excluding hydrogens is 292 g/mol. The van der Waals surface area contributed by atoms with E-state index in [0.717, 1.165) is 11.1 Å². The average molecular weight is 310 g/mol. The fourth-order valence-corrected chi connectivity index (χ4v) is 2.64. The third-order valence-corrected chi connectivity index (χ3v) is 3.77. The minimum atomic E-state index is -0.516. The molecule has 0 aliphatic carbocycles. The van der Waals surface area contributed by atoms with Gasteiger partial charge < -0.3 is 5.32 Å². The van der Waals surface area contributed by atoms with Crippen LogP contribution in [0.15, 0.2) is 36.4 Å². The maximum atomic E-state index is 13.9. The first-order chi connectivity index (χ1) is 10.0. The highest BCUT2D eigenvalue weighted by molar-refractivity contribution is 6.30. The first-order valence-electron chi connectivity index (χ1n) is 6.95. The second-order valence-corrected chi connectivity index (χ2v) is 5.45. The molecule has 0 amide bonds. The van der Waals surface area contributed by atoms with Crippen LogP contribution in [0.4, 0.5) is 8.78 Å². The topological polar surface area (TPSA) is 12.0 Å². The quantitative estimate of drug-likeness (QED) is 0.835. The highest BCUT2D eigenvalue weighted by Gasteiger charge is 2.18. The van der Waals surface area contributed by atoms with Crippen molar-refractivity contribution >= 4 is 11.6 Å². The molecule has 0 fully saturated rings. The smallest absolute Gasteiger partial charge is 0.129 e. The van der Waals surface area contributed by atoms with Gasteiger partial charge in [0.25, 0.3) is 0 Å². The standard InChI is InChI=1S/C17H18ClF2N/c1-3-21-17(13-9-12(18)8-7-11(13)2)10-14-15(19)5-4-6-16(14)20/h4-9,17,21H,3,10H2,1-2H3. The Balaban J connectivity index is 2.38. The first kappa shape index (κ1) is 15.9. The maximum absolute atomic E-state index is 13.9. The van der Waals surface area contributed by atoms with E-state index in [1.54, 1.807) is 0 Å². The fraction of sp³-hybridized carbons (Fsp3) is 0.294. The summed E-state index contributed by atoms with van der Waals surface area (Å²) in [7, 11) is 0. The van der Waals surface area contributed by atoms with Crippen molar-refractivity contribution in [1.82, 2.24) is 5.32 Å². The molecule has 0 saturated heterocycles. The van der Waals surface area contributed by atoms with Gasteiger partial charge in [0, 0.05) is 16.6 Å². The Morgan fingerprint density at radius 1 is 1.14 bits per heavy atom. The summed E-state index contributed by atoms with van der Waals surface area (Å²) in [6, 6.07) is 9.34. The lowest BCUT2D eigenvalue weighted by molar-refractivity contribution is 0.498. The van der Waals surface area contributed by atoms with Crippen LogP contribution in [0.5, 0.6) is 0 Å². The molecule has 0 bridgehead atoms. The summed E-state index contributed by atoms with van der Waals surface area (Å²) in [5.41, 5.74) is 2.11. The van der Waals surface area contributed by atoms with Crippen LogP contribution < -0.4 is 5.32 Å². The summed E-state index contributed by atoms with van der Waals surface area (Å²) in [4.78, 5) is 0. The molecule has 1 atom stereocenters. The number of likely N-dealkylation sites (N-methyl/N-ethyl adjacent to an activating group) is 1. The van der Waals surface area contributed by atoms with Gasteiger partial charge in [-0.05, 0) is 55.3 Å². The zero-order chi connectivity index (χ0) is 15.4. The number of benzene rings is 2. The van der Waals surface area contributed by atoms with Gasteiger partial charge in [-0.3, -0.25) is 0 Å². The van der Waals surface area contributed by atoms with E-state index >= 15 is 0 Å². The second kappa shape index (κ2) is 7.01. The van der Waals surface area contributed by atoms with Crippen LogP contribution in [0.25, 0.3) is 0 Å². The molecule has 2 aromatic rings. The molecule has 2 aromatic carbocycles. The molecule has 1 nitrogen and oxygen atoms in total. The van der Waals surface area contributed by atoms with E-state index in [4.69, 9.17) is 11.6 Å². The minimum Gasteiger partial charge on any atom is -0.310 e. The monoisotopic (exact) mass is 309 g/mol. The summed E-state index contributed by atoms with van der Waals surface area (Å²) in [5, 5.41) is 3.90. The van der Waals surface area contributed by atoms with E-state index < -0.39 is 11.6 Å².